The zero-order valence-corrected chi connectivity index (χ0v) is 17.7. The molecule has 2 N–H and O–H groups in total. The van der Waals surface area contributed by atoms with E-state index in [2.05, 4.69) is 45.3 Å². The Balaban J connectivity index is 1.41. The van der Waals surface area contributed by atoms with E-state index >= 15 is 0 Å². The van der Waals surface area contributed by atoms with Crippen molar-refractivity contribution in [1.82, 2.24) is 30.2 Å². The van der Waals surface area contributed by atoms with Gasteiger partial charge in [0, 0.05) is 77.9 Å². The van der Waals surface area contributed by atoms with Crippen LogP contribution in [-0.2, 0) is 17.6 Å². The molecule has 0 bridgehead atoms. The Bertz CT molecular complexity index is 689. The first kappa shape index (κ1) is 20.6. The number of amides is 1. The van der Waals surface area contributed by atoms with E-state index in [-0.39, 0.29) is 5.91 Å². The summed E-state index contributed by atoms with van der Waals surface area (Å²) in [7, 11) is 1.82. The molecule has 0 radical (unpaired) electrons. The number of rotatable bonds is 5. The van der Waals surface area contributed by atoms with Crippen LogP contribution < -0.4 is 10.6 Å². The van der Waals surface area contributed by atoms with Crippen LogP contribution in [0.25, 0.3) is 0 Å². The number of hydrogen-bond donors (Lipinski definition) is 2. The highest BCUT2D eigenvalue weighted by Gasteiger charge is 2.23. The molecule has 2 aliphatic rings. The molecule has 1 amide bonds. The van der Waals surface area contributed by atoms with Crippen molar-refractivity contribution in [2.45, 2.75) is 52.1 Å². The number of aryl methyl sites for hydroxylation is 1. The molecule has 8 heteroatoms. The van der Waals surface area contributed by atoms with Crippen LogP contribution in [0.1, 0.15) is 44.5 Å². The largest absolute Gasteiger partial charge is 0.355 e. The Morgan fingerprint density at radius 3 is 2.71 bits per heavy atom. The predicted molar refractivity (Wildman–Crippen MR) is 112 cm³/mol. The minimum absolute atomic E-state index is 0.177. The van der Waals surface area contributed by atoms with Gasteiger partial charge in [-0.05, 0) is 32.3 Å². The molecule has 156 valence electrons. The summed E-state index contributed by atoms with van der Waals surface area (Å²) >= 11 is 0. The van der Waals surface area contributed by atoms with Gasteiger partial charge < -0.3 is 15.5 Å². The number of aromatic nitrogens is 2. The highest BCUT2D eigenvalue weighted by molar-refractivity contribution is 5.80. The summed E-state index contributed by atoms with van der Waals surface area (Å²) in [5, 5.41) is 11.8. The van der Waals surface area contributed by atoms with Crippen LogP contribution in [0, 0.1) is 0 Å². The smallest absolute Gasteiger partial charge is 0.219 e. The van der Waals surface area contributed by atoms with Gasteiger partial charge in [0.05, 0.1) is 5.69 Å². The fourth-order valence-electron chi connectivity index (χ4n) is 3.91. The van der Waals surface area contributed by atoms with Crippen molar-refractivity contribution in [1.29, 1.82) is 0 Å². The summed E-state index contributed by atoms with van der Waals surface area (Å²) in [6.07, 6.45) is 5.32. The number of fused-ring (bicyclic) bond motifs is 1. The molecule has 2 heterocycles. The molecule has 1 aliphatic carbocycles. The summed E-state index contributed by atoms with van der Waals surface area (Å²) < 4.78 is 2.08. The van der Waals surface area contributed by atoms with E-state index in [0.29, 0.717) is 12.1 Å². The number of nitrogens with one attached hydrogen (secondary N) is 2. The molecule has 3 rings (SSSR count). The normalized spacial score (nSPS) is 21.0. The number of nitrogens with zero attached hydrogens (tertiary/aromatic N) is 5. The number of hydrogen-bond acceptors (Lipinski definition) is 4. The van der Waals surface area contributed by atoms with Gasteiger partial charge in [0.1, 0.15) is 0 Å². The fraction of sp³-hybridized carbons (Fsp3) is 0.750. The fourth-order valence-corrected chi connectivity index (χ4v) is 3.91. The minimum atomic E-state index is 0.177. The van der Waals surface area contributed by atoms with E-state index in [0.717, 1.165) is 64.5 Å². The maximum Gasteiger partial charge on any atom is 0.219 e. The van der Waals surface area contributed by atoms with Crippen molar-refractivity contribution in [2.75, 3.05) is 46.3 Å². The summed E-state index contributed by atoms with van der Waals surface area (Å²) in [4.78, 5) is 20.1. The maximum absolute atomic E-state index is 11.4. The van der Waals surface area contributed by atoms with Crippen molar-refractivity contribution in [2.24, 2.45) is 4.99 Å². The number of aliphatic imine (C=N–C) groups is 1. The molecule has 1 fully saturated rings. The van der Waals surface area contributed by atoms with Crippen LogP contribution in [0.5, 0.6) is 0 Å². The Hall–Kier alpha value is -2.09. The van der Waals surface area contributed by atoms with E-state index in [1.54, 1.807) is 6.92 Å². The second-order valence-electron chi connectivity index (χ2n) is 8.11. The Morgan fingerprint density at radius 1 is 1.32 bits per heavy atom. The molecule has 0 saturated carbocycles. The maximum atomic E-state index is 11.4. The van der Waals surface area contributed by atoms with Gasteiger partial charge in [-0.25, -0.2) is 0 Å². The first-order chi connectivity index (χ1) is 13.5. The minimum Gasteiger partial charge on any atom is -0.355 e. The molecule has 1 saturated heterocycles. The van der Waals surface area contributed by atoms with Crippen LogP contribution >= 0.6 is 0 Å². The average Bonchev–Trinajstić information content (AvgIpc) is 3.11. The number of piperazine rings is 1. The SMILES string of the molecule is CN=C(NCCN1CCN(C(C)=O)CC1)NC1CCc2cn(C(C)C)nc2C1. The van der Waals surface area contributed by atoms with Gasteiger partial charge in [0.15, 0.2) is 5.96 Å². The highest BCUT2D eigenvalue weighted by Crippen LogP contribution is 2.21. The van der Waals surface area contributed by atoms with Crippen molar-refractivity contribution in [3.05, 3.63) is 17.5 Å². The number of carbonyl (C=O) groups excluding carboxylic acids is 1. The van der Waals surface area contributed by atoms with E-state index < -0.39 is 0 Å². The van der Waals surface area contributed by atoms with Crippen molar-refractivity contribution in [3.63, 3.8) is 0 Å². The third-order valence-electron chi connectivity index (χ3n) is 5.73. The summed E-state index contributed by atoms with van der Waals surface area (Å²) in [5.74, 6) is 1.04. The zero-order chi connectivity index (χ0) is 20.1. The van der Waals surface area contributed by atoms with Crippen molar-refractivity contribution >= 4 is 11.9 Å². The molecule has 8 nitrogen and oxygen atoms in total. The van der Waals surface area contributed by atoms with Gasteiger partial charge in [-0.2, -0.15) is 5.10 Å². The van der Waals surface area contributed by atoms with Crippen molar-refractivity contribution in [3.8, 4) is 0 Å². The topological polar surface area (TPSA) is 77.8 Å². The number of guanidine groups is 1. The third kappa shape index (κ3) is 5.25. The molecule has 0 spiro atoms. The molecule has 28 heavy (non-hydrogen) atoms. The lowest BCUT2D eigenvalue weighted by Crippen LogP contribution is -2.51. The van der Waals surface area contributed by atoms with Crippen LogP contribution in [0.15, 0.2) is 11.2 Å². The Kier molecular flexibility index (Phi) is 6.93. The van der Waals surface area contributed by atoms with Gasteiger partial charge in [0.25, 0.3) is 0 Å². The van der Waals surface area contributed by atoms with E-state index in [1.165, 1.54) is 11.3 Å². The number of carbonyl (C=O) groups is 1. The molecule has 1 aliphatic heterocycles. The molecule has 0 aromatic carbocycles. The molecule has 1 aromatic rings. The van der Waals surface area contributed by atoms with Gasteiger partial charge in [0.2, 0.25) is 5.91 Å². The highest BCUT2D eigenvalue weighted by atomic mass is 16.2. The standard InChI is InChI=1S/C20H35N7O/c1-15(2)27-14-17-5-6-18(13-19(17)24-27)23-20(21-4)22-7-8-25-9-11-26(12-10-25)16(3)28/h14-15,18H,5-13H2,1-4H3,(H2,21,22,23). The second-order valence-corrected chi connectivity index (χ2v) is 8.11. The lowest BCUT2D eigenvalue weighted by molar-refractivity contribution is -0.130. The van der Waals surface area contributed by atoms with E-state index in [4.69, 9.17) is 5.10 Å². The summed E-state index contributed by atoms with van der Waals surface area (Å²) in [6.45, 7) is 11.3. The van der Waals surface area contributed by atoms with E-state index in [9.17, 15) is 4.79 Å². The lowest BCUT2D eigenvalue weighted by atomic mass is 9.94. The van der Waals surface area contributed by atoms with Crippen LogP contribution in [0.3, 0.4) is 0 Å². The Labute approximate surface area is 168 Å². The molecule has 1 unspecified atom stereocenters. The molecule has 1 atom stereocenters. The predicted octanol–water partition coefficient (Wildman–Crippen LogP) is 0.650. The quantitative estimate of drug-likeness (QED) is 0.571. The third-order valence-corrected chi connectivity index (χ3v) is 5.73. The zero-order valence-electron chi connectivity index (χ0n) is 17.7. The van der Waals surface area contributed by atoms with Gasteiger partial charge >= 0.3 is 0 Å². The Morgan fingerprint density at radius 2 is 2.07 bits per heavy atom. The summed E-state index contributed by atoms with van der Waals surface area (Å²) in [5.41, 5.74) is 2.61. The second kappa shape index (κ2) is 9.41. The average molecular weight is 390 g/mol. The molecular formula is C20H35N7O. The lowest BCUT2D eigenvalue weighted by Gasteiger charge is -2.34. The van der Waals surface area contributed by atoms with Crippen LogP contribution in [0.4, 0.5) is 0 Å². The van der Waals surface area contributed by atoms with Gasteiger partial charge in [-0.3, -0.25) is 19.4 Å². The first-order valence-corrected chi connectivity index (χ1v) is 10.5. The van der Waals surface area contributed by atoms with Crippen LogP contribution in [-0.4, -0.2) is 83.8 Å². The van der Waals surface area contributed by atoms with Gasteiger partial charge in [-0.15, -0.1) is 0 Å². The molecular weight excluding hydrogens is 354 g/mol. The molecule has 1 aromatic heterocycles. The van der Waals surface area contributed by atoms with Crippen LogP contribution in [0.2, 0.25) is 0 Å². The first-order valence-electron chi connectivity index (χ1n) is 10.5. The monoisotopic (exact) mass is 389 g/mol. The van der Waals surface area contributed by atoms with E-state index in [1.807, 2.05) is 11.9 Å². The van der Waals surface area contributed by atoms with Gasteiger partial charge in [-0.1, -0.05) is 0 Å². The summed E-state index contributed by atoms with van der Waals surface area (Å²) in [6, 6.07) is 0.775. The van der Waals surface area contributed by atoms with Crippen molar-refractivity contribution < 1.29 is 4.79 Å².